The summed E-state index contributed by atoms with van der Waals surface area (Å²) in [4.78, 5) is 13.3. The van der Waals surface area contributed by atoms with Crippen LogP contribution in [0.4, 0.5) is 10.1 Å². The van der Waals surface area contributed by atoms with Gasteiger partial charge in [0.2, 0.25) is 5.91 Å². The van der Waals surface area contributed by atoms with Crippen molar-refractivity contribution in [2.45, 2.75) is 31.7 Å². The second kappa shape index (κ2) is 7.36. The Bertz CT molecular complexity index is 776. The molecule has 24 heavy (non-hydrogen) atoms. The fraction of sp³-hybridized carbons (Fsp3) is 0.316. The topological polar surface area (TPSA) is 41.1 Å². The van der Waals surface area contributed by atoms with E-state index in [-0.39, 0.29) is 23.2 Å². The van der Waals surface area contributed by atoms with Crippen LogP contribution in [0.3, 0.4) is 0 Å². The predicted octanol–water partition coefficient (Wildman–Crippen LogP) is 3.82. The number of fused-ring (bicyclic) bond motifs is 1. The first-order valence-electron chi connectivity index (χ1n) is 8.05. The van der Waals surface area contributed by atoms with E-state index in [1.54, 1.807) is 6.07 Å². The molecule has 0 fully saturated rings. The Kier molecular flexibility index (Phi) is 5.21. The van der Waals surface area contributed by atoms with Gasteiger partial charge >= 0.3 is 0 Å². The zero-order valence-electron chi connectivity index (χ0n) is 13.9. The van der Waals surface area contributed by atoms with Crippen molar-refractivity contribution in [2.24, 2.45) is 0 Å². The van der Waals surface area contributed by atoms with Crippen molar-refractivity contribution in [1.82, 2.24) is 5.32 Å². The molecule has 2 aromatic carbocycles. The minimum Gasteiger partial charge on any atom is -0.323 e. The zero-order chi connectivity index (χ0) is 17.1. The normalized spacial score (nSPS) is 13.5. The van der Waals surface area contributed by atoms with E-state index in [0.717, 1.165) is 28.1 Å². The maximum Gasteiger partial charge on any atom is 0.234 e. The molecule has 2 N–H and O–H groups in total. The molecule has 0 aliphatic carbocycles. The third kappa shape index (κ3) is 3.79. The van der Waals surface area contributed by atoms with Gasteiger partial charge in [0.1, 0.15) is 5.82 Å². The Morgan fingerprint density at radius 3 is 2.96 bits per heavy atom. The molecule has 3 rings (SSSR count). The molecular formula is C19H21FN2OS. The van der Waals surface area contributed by atoms with Gasteiger partial charge in [-0.3, -0.25) is 4.79 Å². The van der Waals surface area contributed by atoms with Gasteiger partial charge in [-0.15, -0.1) is 11.8 Å². The average Bonchev–Trinajstić information content (AvgIpc) is 2.58. The number of hydrogen-bond donors (Lipinski definition) is 2. The van der Waals surface area contributed by atoms with Crippen LogP contribution in [0.25, 0.3) is 0 Å². The van der Waals surface area contributed by atoms with E-state index >= 15 is 0 Å². The second-order valence-corrected chi connectivity index (χ2v) is 7.11. The van der Waals surface area contributed by atoms with Crippen LogP contribution < -0.4 is 10.6 Å². The Morgan fingerprint density at radius 1 is 1.29 bits per heavy atom. The molecule has 0 saturated carbocycles. The van der Waals surface area contributed by atoms with Crippen molar-refractivity contribution in [3.63, 3.8) is 0 Å². The summed E-state index contributed by atoms with van der Waals surface area (Å²) in [5.74, 6) is -0.213. The molecule has 5 heteroatoms. The lowest BCUT2D eigenvalue weighted by atomic mass is 9.99. The lowest BCUT2D eigenvalue weighted by Gasteiger charge is -2.19. The van der Waals surface area contributed by atoms with Gasteiger partial charge in [-0.05, 0) is 55.6 Å². The lowest BCUT2D eigenvalue weighted by molar-refractivity contribution is -0.113. The molecule has 2 aromatic rings. The van der Waals surface area contributed by atoms with Gasteiger partial charge < -0.3 is 10.6 Å². The monoisotopic (exact) mass is 344 g/mol. The highest BCUT2D eigenvalue weighted by Crippen LogP contribution is 2.26. The molecule has 0 unspecified atom stereocenters. The summed E-state index contributed by atoms with van der Waals surface area (Å²) in [6.07, 6.45) is 0.655. The first-order valence-corrected chi connectivity index (χ1v) is 9.04. The maximum absolute atomic E-state index is 14.5. The first-order chi connectivity index (χ1) is 11.5. The summed E-state index contributed by atoms with van der Waals surface area (Å²) in [5.41, 5.74) is 4.28. The van der Waals surface area contributed by atoms with Gasteiger partial charge in [0, 0.05) is 11.4 Å². The van der Waals surface area contributed by atoms with Crippen molar-refractivity contribution in [3.8, 4) is 0 Å². The van der Waals surface area contributed by atoms with Crippen molar-refractivity contribution in [3.05, 3.63) is 58.4 Å². The molecule has 0 atom stereocenters. The lowest BCUT2D eigenvalue weighted by Crippen LogP contribution is -2.25. The van der Waals surface area contributed by atoms with E-state index in [0.29, 0.717) is 18.5 Å². The largest absolute Gasteiger partial charge is 0.323 e. The van der Waals surface area contributed by atoms with Crippen LogP contribution in [0.2, 0.25) is 0 Å². The van der Waals surface area contributed by atoms with Crippen molar-refractivity contribution in [1.29, 1.82) is 0 Å². The number of carbonyl (C=O) groups is 1. The van der Waals surface area contributed by atoms with E-state index in [2.05, 4.69) is 22.8 Å². The molecule has 1 heterocycles. The van der Waals surface area contributed by atoms with Crippen LogP contribution >= 0.6 is 11.8 Å². The first kappa shape index (κ1) is 17.0. The Balaban J connectivity index is 1.66. The van der Waals surface area contributed by atoms with Crippen molar-refractivity contribution in [2.75, 3.05) is 17.6 Å². The molecule has 0 spiro atoms. The fourth-order valence-electron chi connectivity index (χ4n) is 2.82. The number of rotatable bonds is 4. The molecule has 1 aliphatic rings. The van der Waals surface area contributed by atoms with Crippen LogP contribution in [-0.4, -0.2) is 18.2 Å². The molecule has 1 amide bonds. The second-order valence-electron chi connectivity index (χ2n) is 6.10. The molecule has 0 bridgehead atoms. The van der Waals surface area contributed by atoms with E-state index in [9.17, 15) is 9.18 Å². The van der Waals surface area contributed by atoms with Gasteiger partial charge in [-0.2, -0.15) is 0 Å². The summed E-state index contributed by atoms with van der Waals surface area (Å²) in [7, 11) is 0. The van der Waals surface area contributed by atoms with Gasteiger partial charge in [-0.1, -0.05) is 23.8 Å². The Hall–Kier alpha value is -1.85. The standard InChI is InChI=1S/C19H21FN2OS/c1-12-3-4-13(2)17(9-12)24-11-18(23)22-16-6-5-14-10-21-8-7-15(14)19(16)20/h3-6,9,21H,7-8,10-11H2,1-2H3,(H,22,23). The maximum atomic E-state index is 14.5. The number of benzene rings is 2. The molecule has 0 aromatic heterocycles. The van der Waals surface area contributed by atoms with Gasteiger partial charge in [0.25, 0.3) is 0 Å². The van der Waals surface area contributed by atoms with Gasteiger partial charge in [0.15, 0.2) is 0 Å². The highest BCUT2D eigenvalue weighted by atomic mass is 32.2. The summed E-state index contributed by atoms with van der Waals surface area (Å²) >= 11 is 1.48. The number of nitrogens with one attached hydrogen (secondary N) is 2. The summed E-state index contributed by atoms with van der Waals surface area (Å²) in [6, 6.07) is 9.71. The van der Waals surface area contributed by atoms with E-state index in [4.69, 9.17) is 0 Å². The molecular weight excluding hydrogens is 323 g/mol. The molecule has 0 radical (unpaired) electrons. The highest BCUT2D eigenvalue weighted by Gasteiger charge is 2.17. The quantitative estimate of drug-likeness (QED) is 0.829. The van der Waals surface area contributed by atoms with Gasteiger partial charge in [-0.25, -0.2) is 4.39 Å². The van der Waals surface area contributed by atoms with Gasteiger partial charge in [0.05, 0.1) is 11.4 Å². The molecule has 0 saturated heterocycles. The third-order valence-electron chi connectivity index (χ3n) is 4.18. The fourth-order valence-corrected chi connectivity index (χ4v) is 3.75. The minimum atomic E-state index is -0.293. The van der Waals surface area contributed by atoms with Crippen LogP contribution in [0.5, 0.6) is 0 Å². The summed E-state index contributed by atoms with van der Waals surface area (Å²) in [6.45, 7) is 5.50. The zero-order valence-corrected chi connectivity index (χ0v) is 14.7. The number of halogens is 1. The van der Waals surface area contributed by atoms with Crippen LogP contribution in [-0.2, 0) is 17.8 Å². The number of anilines is 1. The predicted molar refractivity (Wildman–Crippen MR) is 97.1 cm³/mol. The molecule has 126 valence electrons. The highest BCUT2D eigenvalue weighted by molar-refractivity contribution is 8.00. The minimum absolute atomic E-state index is 0.186. The van der Waals surface area contributed by atoms with E-state index in [1.807, 2.05) is 26.0 Å². The smallest absolute Gasteiger partial charge is 0.234 e. The third-order valence-corrected chi connectivity index (χ3v) is 5.34. The Morgan fingerprint density at radius 2 is 2.12 bits per heavy atom. The van der Waals surface area contributed by atoms with Crippen molar-refractivity contribution < 1.29 is 9.18 Å². The molecule has 3 nitrogen and oxygen atoms in total. The van der Waals surface area contributed by atoms with E-state index in [1.165, 1.54) is 11.8 Å². The number of thioether (sulfide) groups is 1. The summed E-state index contributed by atoms with van der Waals surface area (Å²) in [5, 5.41) is 5.93. The Labute approximate surface area is 146 Å². The number of hydrogen-bond acceptors (Lipinski definition) is 3. The average molecular weight is 344 g/mol. The number of aryl methyl sites for hydroxylation is 2. The number of amides is 1. The van der Waals surface area contributed by atoms with Crippen molar-refractivity contribution >= 4 is 23.4 Å². The van der Waals surface area contributed by atoms with Crippen LogP contribution in [0.1, 0.15) is 22.3 Å². The van der Waals surface area contributed by atoms with Crippen LogP contribution in [0.15, 0.2) is 35.2 Å². The van der Waals surface area contributed by atoms with E-state index < -0.39 is 0 Å². The van der Waals surface area contributed by atoms with Crippen LogP contribution in [0, 0.1) is 19.7 Å². The summed E-state index contributed by atoms with van der Waals surface area (Å²) < 4.78 is 14.5. The SMILES string of the molecule is Cc1ccc(C)c(SCC(=O)Nc2ccc3c(c2F)CCNC3)c1. The number of carbonyl (C=O) groups excluding carboxylic acids is 1. The molecule has 1 aliphatic heterocycles.